The Bertz CT molecular complexity index is 1430. The highest BCUT2D eigenvalue weighted by molar-refractivity contribution is 7.91. The van der Waals surface area contributed by atoms with E-state index in [-0.39, 0.29) is 11.1 Å². The van der Waals surface area contributed by atoms with E-state index in [2.05, 4.69) is 32.0 Å². The van der Waals surface area contributed by atoms with Crippen LogP contribution in [0.1, 0.15) is 12.6 Å². The number of aromatic amines is 1. The molecule has 1 saturated heterocycles. The first kappa shape index (κ1) is 21.5. The van der Waals surface area contributed by atoms with Crippen molar-refractivity contribution in [3.05, 3.63) is 48.5 Å². The van der Waals surface area contributed by atoms with Crippen molar-refractivity contribution in [2.75, 3.05) is 30.9 Å². The molecule has 0 amide bonds. The number of nitrogens with one attached hydrogen (secondary N) is 2. The van der Waals surface area contributed by atoms with Gasteiger partial charge in [0.25, 0.3) is 0 Å². The first-order valence-corrected chi connectivity index (χ1v) is 12.6. The maximum absolute atomic E-state index is 12.3. The summed E-state index contributed by atoms with van der Waals surface area (Å²) in [5.74, 6) is 0.828. The highest BCUT2D eigenvalue weighted by atomic mass is 32.2. The Morgan fingerprint density at radius 1 is 1.18 bits per heavy atom. The average molecular weight is 464 g/mol. The van der Waals surface area contributed by atoms with Crippen molar-refractivity contribution in [2.24, 2.45) is 0 Å². The molecule has 2 N–H and O–H groups in total. The number of aryl methyl sites for hydroxylation is 1. The van der Waals surface area contributed by atoms with E-state index in [0.29, 0.717) is 25.5 Å². The Morgan fingerprint density at radius 2 is 2.03 bits per heavy atom. The molecule has 4 aromatic heterocycles. The highest BCUT2D eigenvalue weighted by Gasteiger charge is 2.28. The van der Waals surface area contributed by atoms with E-state index in [1.165, 1.54) is 6.26 Å². The Kier molecular flexibility index (Phi) is 5.34. The molecular weight excluding hydrogens is 438 g/mol. The molecule has 1 aliphatic rings. The van der Waals surface area contributed by atoms with Gasteiger partial charge in [-0.15, -0.1) is 0 Å². The molecule has 170 valence electrons. The summed E-state index contributed by atoms with van der Waals surface area (Å²) in [6.07, 6.45) is 6.63. The number of ether oxygens (including phenoxy) is 1. The van der Waals surface area contributed by atoms with Gasteiger partial charge < -0.3 is 9.64 Å². The lowest BCUT2D eigenvalue weighted by Gasteiger charge is -2.36. The zero-order valence-corrected chi connectivity index (χ0v) is 19.5. The molecule has 10 heteroatoms. The molecule has 0 spiro atoms. The molecule has 0 saturated carbocycles. The maximum Gasteiger partial charge on any atom is 0.139 e. The molecule has 0 aliphatic carbocycles. The zero-order valence-electron chi connectivity index (χ0n) is 18.7. The largest absolute Gasteiger partial charge is 0.377 e. The SMILES string of the molecule is Cc1nc(S(C)(=N)=O)ccc1-c1c(-c2ccn[nH]2)c(N2CCOC[C@H]2C)nc2cnccc12. The molecule has 5 heterocycles. The van der Waals surface area contributed by atoms with Crippen LogP contribution in [0, 0.1) is 11.7 Å². The van der Waals surface area contributed by atoms with Gasteiger partial charge >= 0.3 is 0 Å². The number of pyridine rings is 3. The van der Waals surface area contributed by atoms with Crippen LogP contribution in [0.2, 0.25) is 0 Å². The molecule has 0 radical (unpaired) electrons. The molecule has 5 rings (SSSR count). The van der Waals surface area contributed by atoms with Crippen LogP contribution in [0.3, 0.4) is 0 Å². The molecule has 2 atom stereocenters. The monoisotopic (exact) mass is 463 g/mol. The number of fused-ring (bicyclic) bond motifs is 1. The summed E-state index contributed by atoms with van der Waals surface area (Å²) in [5.41, 5.74) is 5.05. The Balaban J connectivity index is 1.87. The number of rotatable bonds is 4. The summed E-state index contributed by atoms with van der Waals surface area (Å²) >= 11 is 0. The Morgan fingerprint density at radius 3 is 2.73 bits per heavy atom. The maximum atomic E-state index is 12.3. The molecule has 0 aromatic carbocycles. The minimum absolute atomic E-state index is 0.143. The summed E-state index contributed by atoms with van der Waals surface area (Å²) in [5, 5.41) is 8.52. The second-order valence-electron chi connectivity index (χ2n) is 8.29. The van der Waals surface area contributed by atoms with Crippen molar-refractivity contribution in [3.63, 3.8) is 0 Å². The molecule has 1 unspecified atom stereocenters. The molecule has 1 aliphatic heterocycles. The van der Waals surface area contributed by atoms with Gasteiger partial charge in [-0.25, -0.2) is 19.0 Å². The van der Waals surface area contributed by atoms with Gasteiger partial charge in [0.2, 0.25) is 0 Å². The normalized spacial score (nSPS) is 18.4. The number of morpholine rings is 1. The van der Waals surface area contributed by atoms with Crippen LogP contribution in [-0.4, -0.2) is 61.4 Å². The third-order valence-electron chi connectivity index (χ3n) is 5.91. The van der Waals surface area contributed by atoms with E-state index in [1.54, 1.807) is 24.7 Å². The second kappa shape index (κ2) is 8.20. The minimum atomic E-state index is -2.92. The van der Waals surface area contributed by atoms with E-state index in [4.69, 9.17) is 14.5 Å². The van der Waals surface area contributed by atoms with Crippen LogP contribution in [0.5, 0.6) is 0 Å². The number of hydrogen-bond donors (Lipinski definition) is 2. The Hall–Kier alpha value is -3.37. The molecule has 1 fully saturated rings. The summed E-state index contributed by atoms with van der Waals surface area (Å²) < 4.78 is 25.9. The van der Waals surface area contributed by atoms with Crippen LogP contribution >= 0.6 is 0 Å². The van der Waals surface area contributed by atoms with Crippen molar-refractivity contribution in [3.8, 4) is 22.4 Å². The number of anilines is 1. The lowest BCUT2D eigenvalue weighted by molar-refractivity contribution is 0.0986. The van der Waals surface area contributed by atoms with Gasteiger partial charge in [-0.3, -0.25) is 10.1 Å². The van der Waals surface area contributed by atoms with Gasteiger partial charge in [-0.05, 0) is 38.1 Å². The lowest BCUT2D eigenvalue weighted by atomic mass is 9.93. The quantitative estimate of drug-likeness (QED) is 0.474. The fourth-order valence-corrected chi connectivity index (χ4v) is 4.94. The predicted octanol–water partition coefficient (Wildman–Crippen LogP) is 3.65. The number of aromatic nitrogens is 5. The van der Waals surface area contributed by atoms with Gasteiger partial charge in [0.15, 0.2) is 0 Å². The van der Waals surface area contributed by atoms with Gasteiger partial charge in [-0.1, -0.05) is 0 Å². The lowest BCUT2D eigenvalue weighted by Crippen LogP contribution is -2.44. The van der Waals surface area contributed by atoms with Crippen molar-refractivity contribution in [2.45, 2.75) is 24.9 Å². The standard InChI is InChI=1S/C23H25N7O2S/c1-14-13-32-11-10-30(14)23-22(18-7-9-26-29-18)21(17-6-8-25-12-19(17)28-23)16-4-5-20(27-15(16)2)33(3,24)31/h4-9,12,14,24H,10-11,13H2,1-3H3,(H,26,29)/t14-,33?/m1/s1. The molecule has 9 nitrogen and oxygen atoms in total. The van der Waals surface area contributed by atoms with Crippen LogP contribution in [-0.2, 0) is 14.5 Å². The van der Waals surface area contributed by atoms with E-state index >= 15 is 0 Å². The summed E-state index contributed by atoms with van der Waals surface area (Å²) in [6.45, 7) is 5.96. The fourth-order valence-electron chi connectivity index (χ4n) is 4.30. The third-order valence-corrected chi connectivity index (χ3v) is 6.93. The summed E-state index contributed by atoms with van der Waals surface area (Å²) in [7, 11) is -2.92. The first-order chi connectivity index (χ1) is 15.8. The highest BCUT2D eigenvalue weighted by Crippen LogP contribution is 2.43. The van der Waals surface area contributed by atoms with E-state index in [9.17, 15) is 4.21 Å². The molecular formula is C23H25N7O2S. The Labute approximate surface area is 192 Å². The summed E-state index contributed by atoms with van der Waals surface area (Å²) in [4.78, 5) is 16.2. The average Bonchev–Trinajstić information content (AvgIpc) is 3.32. The van der Waals surface area contributed by atoms with Crippen LogP contribution in [0.4, 0.5) is 5.82 Å². The fraction of sp³-hybridized carbons (Fsp3) is 0.304. The van der Waals surface area contributed by atoms with E-state index in [1.807, 2.05) is 25.1 Å². The number of H-pyrrole nitrogens is 1. The van der Waals surface area contributed by atoms with E-state index in [0.717, 1.165) is 39.1 Å². The molecule has 0 bridgehead atoms. The second-order valence-corrected chi connectivity index (χ2v) is 10.4. The molecule has 33 heavy (non-hydrogen) atoms. The minimum Gasteiger partial charge on any atom is -0.377 e. The van der Waals surface area contributed by atoms with Gasteiger partial charge in [0.1, 0.15) is 10.8 Å². The van der Waals surface area contributed by atoms with E-state index < -0.39 is 9.73 Å². The van der Waals surface area contributed by atoms with Gasteiger partial charge in [-0.2, -0.15) is 5.10 Å². The topological polar surface area (TPSA) is 121 Å². The predicted molar refractivity (Wildman–Crippen MR) is 128 cm³/mol. The first-order valence-electron chi connectivity index (χ1n) is 10.7. The number of nitrogens with zero attached hydrogens (tertiary/aromatic N) is 5. The van der Waals surface area contributed by atoms with Gasteiger partial charge in [0.05, 0.1) is 52.0 Å². The molecule has 4 aromatic rings. The van der Waals surface area contributed by atoms with Crippen molar-refractivity contribution in [1.29, 1.82) is 4.78 Å². The van der Waals surface area contributed by atoms with Crippen molar-refractivity contribution in [1.82, 2.24) is 25.1 Å². The third kappa shape index (κ3) is 3.85. The van der Waals surface area contributed by atoms with Gasteiger partial charge in [0, 0.05) is 47.4 Å². The van der Waals surface area contributed by atoms with Crippen LogP contribution in [0.15, 0.2) is 47.9 Å². The van der Waals surface area contributed by atoms with Crippen LogP contribution < -0.4 is 4.90 Å². The zero-order chi connectivity index (χ0) is 23.2. The number of hydrogen-bond acceptors (Lipinski definition) is 8. The van der Waals surface area contributed by atoms with Crippen molar-refractivity contribution < 1.29 is 8.95 Å². The summed E-state index contributed by atoms with van der Waals surface area (Å²) in [6, 6.07) is 7.60. The van der Waals surface area contributed by atoms with Crippen LogP contribution in [0.25, 0.3) is 33.3 Å². The smallest absolute Gasteiger partial charge is 0.139 e. The van der Waals surface area contributed by atoms with Crippen molar-refractivity contribution >= 4 is 26.4 Å².